The van der Waals surface area contributed by atoms with Crippen LogP contribution in [0.5, 0.6) is 17.5 Å². The number of hydrogen-bond donors (Lipinski definition) is 0. The summed E-state index contributed by atoms with van der Waals surface area (Å²) in [5.74, 6) is 1.76. The van der Waals surface area contributed by atoms with E-state index in [4.69, 9.17) is 14.2 Å². The van der Waals surface area contributed by atoms with E-state index in [2.05, 4.69) is 35.9 Å². The molecule has 0 amide bonds. The van der Waals surface area contributed by atoms with Gasteiger partial charge >= 0.3 is 6.01 Å². The third-order valence-corrected chi connectivity index (χ3v) is 7.14. The molecule has 0 saturated carbocycles. The van der Waals surface area contributed by atoms with E-state index in [9.17, 15) is 0 Å². The van der Waals surface area contributed by atoms with Gasteiger partial charge in [-0.25, -0.2) is 9.97 Å². The maximum atomic E-state index is 6.00. The molecule has 1 aromatic heterocycles. The molecule has 0 radical (unpaired) electrons. The van der Waals surface area contributed by atoms with E-state index in [1.807, 2.05) is 48.8 Å². The molecule has 0 aliphatic rings. The summed E-state index contributed by atoms with van der Waals surface area (Å²) in [6, 6.07) is 16.7. The molecule has 0 aliphatic heterocycles. The Labute approximate surface area is 242 Å². The first-order valence-corrected chi connectivity index (χ1v) is 15.7. The number of unbranched alkanes of at least 4 members (excludes halogenated alkanes) is 12. The van der Waals surface area contributed by atoms with Crippen LogP contribution in [0.1, 0.15) is 109 Å². The molecule has 40 heavy (non-hydrogen) atoms. The number of nitrogens with zero attached hydrogens (tertiary/aromatic N) is 2. The first kappa shape index (κ1) is 31.4. The first-order valence-electron chi connectivity index (χ1n) is 15.7. The minimum absolute atomic E-state index is 0.446. The number of rotatable bonds is 22. The average molecular weight is 547 g/mol. The Kier molecular flexibility index (Phi) is 15.6. The fourth-order valence-corrected chi connectivity index (χ4v) is 4.60. The fourth-order valence-electron chi connectivity index (χ4n) is 4.60. The van der Waals surface area contributed by atoms with Crippen molar-refractivity contribution in [2.45, 2.75) is 110 Å². The van der Waals surface area contributed by atoms with E-state index in [-0.39, 0.29) is 0 Å². The van der Waals surface area contributed by atoms with Crippen molar-refractivity contribution < 1.29 is 14.2 Å². The quantitative estimate of drug-likeness (QED) is 0.117. The lowest BCUT2D eigenvalue weighted by Crippen LogP contribution is -2.01. The number of ether oxygens (including phenoxy) is 3. The zero-order valence-corrected chi connectivity index (χ0v) is 24.9. The van der Waals surface area contributed by atoms with Crippen molar-refractivity contribution >= 4 is 0 Å². The van der Waals surface area contributed by atoms with E-state index in [1.165, 1.54) is 77.0 Å². The molecular formula is C35H50N2O3. The van der Waals surface area contributed by atoms with Crippen molar-refractivity contribution in [1.29, 1.82) is 0 Å². The number of hydrogen-bond acceptors (Lipinski definition) is 5. The van der Waals surface area contributed by atoms with Gasteiger partial charge in [0.2, 0.25) is 0 Å². The van der Waals surface area contributed by atoms with E-state index in [0.29, 0.717) is 19.2 Å². The monoisotopic (exact) mass is 546 g/mol. The standard InChI is InChI=1S/C35H50N2O3/c1-3-5-7-9-11-12-14-15-25-38-33-21-17-30(18-22-33)29-40-34-23-19-31(20-24-34)32-27-36-35(37-28-32)39-26-16-13-10-8-6-4-2/h17-24,27-28H,3-16,25-26,29H2,1-2H3. The van der Waals surface area contributed by atoms with Gasteiger partial charge in [-0.15, -0.1) is 0 Å². The maximum Gasteiger partial charge on any atom is 0.316 e. The van der Waals surface area contributed by atoms with Crippen LogP contribution in [0, 0.1) is 0 Å². The molecule has 218 valence electrons. The lowest BCUT2D eigenvalue weighted by atomic mass is 10.1. The summed E-state index contributed by atoms with van der Waals surface area (Å²) in [5, 5.41) is 0. The highest BCUT2D eigenvalue weighted by atomic mass is 16.5. The van der Waals surface area contributed by atoms with Crippen molar-refractivity contribution in [1.82, 2.24) is 9.97 Å². The Morgan fingerprint density at radius 3 is 1.52 bits per heavy atom. The Morgan fingerprint density at radius 2 is 0.950 bits per heavy atom. The average Bonchev–Trinajstić information content (AvgIpc) is 3.00. The Balaban J connectivity index is 1.31. The van der Waals surface area contributed by atoms with Gasteiger partial charge < -0.3 is 14.2 Å². The SMILES string of the molecule is CCCCCCCCCCOc1ccc(COc2ccc(-c3cnc(OCCCCCCCC)nc3)cc2)cc1. The molecule has 0 N–H and O–H groups in total. The van der Waals surface area contributed by atoms with Crippen LogP contribution in [0.3, 0.4) is 0 Å². The van der Waals surface area contributed by atoms with Gasteiger partial charge in [-0.05, 0) is 48.2 Å². The molecule has 5 nitrogen and oxygen atoms in total. The largest absolute Gasteiger partial charge is 0.494 e. The van der Waals surface area contributed by atoms with Crippen molar-refractivity contribution in [2.24, 2.45) is 0 Å². The summed E-state index contributed by atoms with van der Waals surface area (Å²) in [4.78, 5) is 8.75. The van der Waals surface area contributed by atoms with Crippen molar-refractivity contribution in [3.63, 3.8) is 0 Å². The van der Waals surface area contributed by atoms with Crippen LogP contribution >= 0.6 is 0 Å². The summed E-state index contributed by atoms with van der Waals surface area (Å²) in [6.07, 6.45) is 21.6. The molecule has 0 atom stereocenters. The van der Waals surface area contributed by atoms with Crippen LogP contribution in [0.4, 0.5) is 0 Å². The van der Waals surface area contributed by atoms with Crippen LogP contribution in [-0.4, -0.2) is 23.2 Å². The lowest BCUT2D eigenvalue weighted by Gasteiger charge is -2.10. The van der Waals surface area contributed by atoms with Crippen LogP contribution < -0.4 is 14.2 Å². The molecule has 2 aromatic carbocycles. The molecule has 0 saturated heterocycles. The van der Waals surface area contributed by atoms with Crippen molar-refractivity contribution in [2.75, 3.05) is 13.2 Å². The van der Waals surface area contributed by atoms with Gasteiger partial charge in [-0.3, -0.25) is 0 Å². The minimum Gasteiger partial charge on any atom is -0.494 e. The second kappa shape index (κ2) is 19.9. The highest BCUT2D eigenvalue weighted by molar-refractivity contribution is 5.62. The maximum absolute atomic E-state index is 6.00. The smallest absolute Gasteiger partial charge is 0.316 e. The summed E-state index contributed by atoms with van der Waals surface area (Å²) >= 11 is 0. The third kappa shape index (κ3) is 12.8. The van der Waals surface area contributed by atoms with Crippen molar-refractivity contribution in [3.05, 3.63) is 66.5 Å². The van der Waals surface area contributed by atoms with Gasteiger partial charge in [0.05, 0.1) is 13.2 Å². The van der Waals surface area contributed by atoms with E-state index < -0.39 is 0 Å². The van der Waals surface area contributed by atoms with E-state index in [0.717, 1.165) is 47.6 Å². The summed E-state index contributed by atoms with van der Waals surface area (Å²) in [5.41, 5.74) is 3.13. The Bertz CT molecular complexity index is 1020. The zero-order valence-electron chi connectivity index (χ0n) is 24.9. The highest BCUT2D eigenvalue weighted by Crippen LogP contribution is 2.23. The van der Waals surface area contributed by atoms with Crippen LogP contribution in [0.25, 0.3) is 11.1 Å². The third-order valence-electron chi connectivity index (χ3n) is 7.14. The van der Waals surface area contributed by atoms with Crippen LogP contribution in [0.2, 0.25) is 0 Å². The lowest BCUT2D eigenvalue weighted by molar-refractivity contribution is 0.281. The molecular weight excluding hydrogens is 496 g/mol. The number of aromatic nitrogens is 2. The van der Waals surface area contributed by atoms with Gasteiger partial charge in [0.15, 0.2) is 0 Å². The summed E-state index contributed by atoms with van der Waals surface area (Å²) < 4.78 is 17.6. The highest BCUT2D eigenvalue weighted by Gasteiger charge is 2.04. The normalized spacial score (nSPS) is 10.9. The van der Waals surface area contributed by atoms with Gasteiger partial charge in [-0.1, -0.05) is 115 Å². The van der Waals surface area contributed by atoms with Gasteiger partial charge in [0, 0.05) is 18.0 Å². The van der Waals surface area contributed by atoms with Crippen molar-refractivity contribution in [3.8, 4) is 28.6 Å². The Morgan fingerprint density at radius 1 is 0.475 bits per heavy atom. The second-order valence-electron chi connectivity index (χ2n) is 10.7. The molecule has 3 rings (SSSR count). The molecule has 0 bridgehead atoms. The Hall–Kier alpha value is -3.08. The molecule has 3 aromatic rings. The predicted molar refractivity (Wildman–Crippen MR) is 165 cm³/mol. The topological polar surface area (TPSA) is 53.5 Å². The molecule has 0 aliphatic carbocycles. The zero-order chi connectivity index (χ0) is 28.1. The van der Waals surface area contributed by atoms with Crippen LogP contribution in [0.15, 0.2) is 60.9 Å². The summed E-state index contributed by atoms with van der Waals surface area (Å²) in [7, 11) is 0. The molecule has 1 heterocycles. The minimum atomic E-state index is 0.446. The van der Waals surface area contributed by atoms with Gasteiger partial charge in [0.1, 0.15) is 18.1 Å². The van der Waals surface area contributed by atoms with Gasteiger partial charge in [-0.2, -0.15) is 0 Å². The fraction of sp³-hybridized carbons (Fsp3) is 0.543. The van der Waals surface area contributed by atoms with E-state index in [1.54, 1.807) is 0 Å². The molecule has 0 unspecified atom stereocenters. The first-order chi connectivity index (χ1) is 19.8. The molecule has 5 heteroatoms. The summed E-state index contributed by atoms with van der Waals surface area (Å²) in [6.45, 7) is 6.48. The van der Waals surface area contributed by atoms with Crippen LogP contribution in [-0.2, 0) is 6.61 Å². The predicted octanol–water partition coefficient (Wildman–Crippen LogP) is 9.98. The number of benzene rings is 2. The molecule has 0 spiro atoms. The second-order valence-corrected chi connectivity index (χ2v) is 10.7. The molecule has 0 fully saturated rings. The van der Waals surface area contributed by atoms with Gasteiger partial charge in [0.25, 0.3) is 0 Å². The van der Waals surface area contributed by atoms with E-state index >= 15 is 0 Å².